The van der Waals surface area contributed by atoms with E-state index in [1.165, 1.54) is 0 Å². The molecule has 0 amide bonds. The van der Waals surface area contributed by atoms with E-state index < -0.39 is 23.0 Å². The first-order valence-corrected chi connectivity index (χ1v) is 7.86. The van der Waals surface area contributed by atoms with E-state index in [4.69, 9.17) is 10.2 Å². The standard InChI is InChI=1S/C16H24N4O4/c1-15(11-17,9-5-3-7-13(21)22)19-20-16(2,12-18)10-6-4-8-14(23)24/h3-10H2,1-2H3,(H,21,22)(H,23,24). The fourth-order valence-corrected chi connectivity index (χ4v) is 1.97. The SMILES string of the molecule is CC(C#N)(CCCCC(=O)O)N=NC(C)(C#N)CCCCC(=O)O. The fourth-order valence-electron chi connectivity index (χ4n) is 1.97. The van der Waals surface area contributed by atoms with E-state index >= 15 is 0 Å². The summed E-state index contributed by atoms with van der Waals surface area (Å²) in [6, 6.07) is 4.10. The highest BCUT2D eigenvalue weighted by atomic mass is 16.4. The Labute approximate surface area is 141 Å². The summed E-state index contributed by atoms with van der Waals surface area (Å²) in [5.41, 5.74) is -2.20. The van der Waals surface area contributed by atoms with E-state index in [-0.39, 0.29) is 12.8 Å². The molecule has 0 aromatic heterocycles. The first-order chi connectivity index (χ1) is 11.2. The molecule has 0 saturated heterocycles. The minimum atomic E-state index is -1.10. The van der Waals surface area contributed by atoms with Gasteiger partial charge in [0.1, 0.15) is 0 Å². The van der Waals surface area contributed by atoms with Crippen molar-refractivity contribution in [2.45, 2.75) is 76.3 Å². The molecule has 2 N–H and O–H groups in total. The van der Waals surface area contributed by atoms with Gasteiger partial charge in [0, 0.05) is 12.8 Å². The minimum Gasteiger partial charge on any atom is -0.481 e. The topological polar surface area (TPSA) is 147 Å². The molecule has 8 nitrogen and oxygen atoms in total. The van der Waals surface area contributed by atoms with Crippen molar-refractivity contribution in [2.24, 2.45) is 10.2 Å². The summed E-state index contributed by atoms with van der Waals surface area (Å²) < 4.78 is 0. The number of carboxylic acid groups (broad SMARTS) is 2. The molecule has 0 fully saturated rings. The van der Waals surface area contributed by atoms with Gasteiger partial charge in [-0.2, -0.15) is 20.8 Å². The van der Waals surface area contributed by atoms with Crippen LogP contribution in [-0.4, -0.2) is 33.2 Å². The molecule has 132 valence electrons. The van der Waals surface area contributed by atoms with Gasteiger partial charge in [0.05, 0.1) is 12.1 Å². The van der Waals surface area contributed by atoms with Gasteiger partial charge >= 0.3 is 11.9 Å². The highest BCUT2D eigenvalue weighted by molar-refractivity contribution is 5.66. The summed E-state index contributed by atoms with van der Waals surface area (Å²) in [4.78, 5) is 21.0. The lowest BCUT2D eigenvalue weighted by Gasteiger charge is -2.19. The van der Waals surface area contributed by atoms with Crippen LogP contribution in [0.4, 0.5) is 0 Å². The number of unbranched alkanes of at least 4 members (excludes halogenated alkanes) is 2. The molecule has 0 aliphatic carbocycles. The van der Waals surface area contributed by atoms with Gasteiger partial charge in [0.15, 0.2) is 11.1 Å². The van der Waals surface area contributed by atoms with Crippen molar-refractivity contribution in [1.29, 1.82) is 10.5 Å². The molecule has 0 aromatic carbocycles. The van der Waals surface area contributed by atoms with Crippen LogP contribution in [0.2, 0.25) is 0 Å². The van der Waals surface area contributed by atoms with Crippen molar-refractivity contribution in [3.63, 3.8) is 0 Å². The summed E-state index contributed by atoms with van der Waals surface area (Å²) in [6.45, 7) is 3.19. The number of azo groups is 1. The van der Waals surface area contributed by atoms with Crippen LogP contribution >= 0.6 is 0 Å². The highest BCUT2D eigenvalue weighted by Crippen LogP contribution is 2.24. The quantitative estimate of drug-likeness (QED) is 0.413. The van der Waals surface area contributed by atoms with Crippen LogP contribution < -0.4 is 0 Å². The van der Waals surface area contributed by atoms with Gasteiger partial charge in [-0.15, -0.1) is 0 Å². The van der Waals surface area contributed by atoms with Crippen LogP contribution in [0.3, 0.4) is 0 Å². The van der Waals surface area contributed by atoms with Crippen molar-refractivity contribution >= 4 is 11.9 Å². The van der Waals surface area contributed by atoms with Crippen molar-refractivity contribution in [1.82, 2.24) is 0 Å². The van der Waals surface area contributed by atoms with E-state index in [1.807, 2.05) is 0 Å². The van der Waals surface area contributed by atoms with Crippen molar-refractivity contribution in [3.8, 4) is 12.1 Å². The highest BCUT2D eigenvalue weighted by Gasteiger charge is 2.28. The Bertz CT molecular complexity index is 501. The summed E-state index contributed by atoms with van der Waals surface area (Å²) in [5, 5.41) is 43.8. The van der Waals surface area contributed by atoms with Crippen LogP contribution in [0, 0.1) is 22.7 Å². The van der Waals surface area contributed by atoms with Crippen LogP contribution in [0.1, 0.15) is 65.2 Å². The van der Waals surface area contributed by atoms with E-state index in [9.17, 15) is 20.1 Å². The third-order valence-electron chi connectivity index (χ3n) is 3.58. The first-order valence-electron chi connectivity index (χ1n) is 7.86. The lowest BCUT2D eigenvalue weighted by atomic mass is 9.96. The third-order valence-corrected chi connectivity index (χ3v) is 3.58. The molecule has 0 aromatic rings. The zero-order valence-corrected chi connectivity index (χ0v) is 14.2. The number of rotatable bonds is 12. The second kappa shape index (κ2) is 10.3. The Kier molecular flexibility index (Phi) is 9.26. The third kappa shape index (κ3) is 9.52. The Balaban J connectivity index is 4.62. The average Bonchev–Trinajstić information content (AvgIpc) is 2.53. The van der Waals surface area contributed by atoms with Gasteiger partial charge in [0.25, 0.3) is 0 Å². The molecule has 24 heavy (non-hydrogen) atoms. The van der Waals surface area contributed by atoms with E-state index in [0.717, 1.165) is 0 Å². The second-order valence-electron chi connectivity index (χ2n) is 6.17. The average molecular weight is 336 g/mol. The van der Waals surface area contributed by atoms with E-state index in [2.05, 4.69) is 22.4 Å². The maximum absolute atomic E-state index is 10.5. The number of carboxylic acids is 2. The monoisotopic (exact) mass is 336 g/mol. The lowest BCUT2D eigenvalue weighted by Crippen LogP contribution is -2.23. The van der Waals surface area contributed by atoms with Crippen molar-refractivity contribution in [3.05, 3.63) is 0 Å². The molecule has 0 bridgehead atoms. The molecule has 0 aliphatic rings. The molecular weight excluding hydrogens is 312 g/mol. The Morgan fingerprint density at radius 1 is 0.833 bits per heavy atom. The smallest absolute Gasteiger partial charge is 0.303 e. The van der Waals surface area contributed by atoms with Crippen molar-refractivity contribution < 1.29 is 19.8 Å². The maximum Gasteiger partial charge on any atom is 0.303 e. The largest absolute Gasteiger partial charge is 0.481 e. The number of hydrogen-bond donors (Lipinski definition) is 2. The van der Waals surface area contributed by atoms with Crippen molar-refractivity contribution in [2.75, 3.05) is 0 Å². The zero-order valence-electron chi connectivity index (χ0n) is 14.2. The second-order valence-corrected chi connectivity index (χ2v) is 6.17. The van der Waals surface area contributed by atoms with Crippen LogP contribution in [0.5, 0.6) is 0 Å². The Morgan fingerprint density at radius 3 is 1.42 bits per heavy atom. The van der Waals surface area contributed by atoms with Gasteiger partial charge in [-0.05, 0) is 52.4 Å². The first kappa shape index (κ1) is 21.5. The van der Waals surface area contributed by atoms with Gasteiger partial charge in [-0.25, -0.2) is 0 Å². The van der Waals surface area contributed by atoms with E-state index in [0.29, 0.717) is 38.5 Å². The normalized spacial score (nSPS) is 15.8. The zero-order chi connectivity index (χ0) is 18.6. The van der Waals surface area contributed by atoms with Gasteiger partial charge < -0.3 is 10.2 Å². The molecule has 0 saturated carbocycles. The molecule has 0 aliphatic heterocycles. The summed E-state index contributed by atoms with van der Waals surface area (Å²) in [5.74, 6) is -1.76. The van der Waals surface area contributed by atoms with Gasteiger partial charge in [-0.3, -0.25) is 9.59 Å². The predicted molar refractivity (Wildman–Crippen MR) is 85.1 cm³/mol. The Hall–Kier alpha value is -2.48. The number of aliphatic carboxylic acids is 2. The van der Waals surface area contributed by atoms with Crippen LogP contribution in [-0.2, 0) is 9.59 Å². The molecule has 0 spiro atoms. The number of nitriles is 2. The number of nitrogens with zero attached hydrogens (tertiary/aromatic N) is 4. The molecular formula is C16H24N4O4. The predicted octanol–water partition coefficient (Wildman–Crippen LogP) is 3.29. The minimum absolute atomic E-state index is 0.0398. The van der Waals surface area contributed by atoms with Crippen LogP contribution in [0.25, 0.3) is 0 Å². The molecule has 2 atom stereocenters. The maximum atomic E-state index is 10.5. The van der Waals surface area contributed by atoms with Gasteiger partial charge in [0.2, 0.25) is 0 Å². The molecule has 0 rings (SSSR count). The van der Waals surface area contributed by atoms with Crippen LogP contribution in [0.15, 0.2) is 10.2 Å². The molecule has 2 unspecified atom stereocenters. The fraction of sp³-hybridized carbons (Fsp3) is 0.750. The summed E-state index contributed by atoms with van der Waals surface area (Å²) in [6.07, 6.45) is 2.76. The Morgan fingerprint density at radius 2 is 1.17 bits per heavy atom. The van der Waals surface area contributed by atoms with Gasteiger partial charge in [-0.1, -0.05) is 0 Å². The molecule has 0 radical (unpaired) electrons. The lowest BCUT2D eigenvalue weighted by molar-refractivity contribution is -0.138. The number of hydrogen-bond acceptors (Lipinski definition) is 6. The summed E-state index contributed by atoms with van der Waals surface area (Å²) >= 11 is 0. The number of carbonyl (C=O) groups is 2. The molecule has 0 heterocycles. The summed E-state index contributed by atoms with van der Waals surface area (Å²) in [7, 11) is 0. The van der Waals surface area contributed by atoms with E-state index in [1.54, 1.807) is 13.8 Å². The molecule has 8 heteroatoms.